The molecule has 0 amide bonds. The fraction of sp³-hybridized carbons (Fsp3) is 0.441. The summed E-state index contributed by atoms with van der Waals surface area (Å²) in [5.74, 6) is 2.63. The number of rotatable bonds is 10. The minimum absolute atomic E-state index is 0.434. The molecule has 47 heavy (non-hydrogen) atoms. The molecule has 2 aliphatic rings. The Kier molecular flexibility index (Phi) is 10.5. The number of nitrogens with one attached hydrogen (secondary N) is 2. The van der Waals surface area contributed by atoms with Crippen molar-refractivity contribution in [3.05, 3.63) is 59.0 Å². The van der Waals surface area contributed by atoms with E-state index in [-0.39, 0.29) is 0 Å². The van der Waals surface area contributed by atoms with Crippen molar-refractivity contribution in [3.8, 4) is 17.2 Å². The second-order valence-electron chi connectivity index (χ2n) is 12.5. The first-order valence-electron chi connectivity index (χ1n) is 16.1. The first kappa shape index (κ1) is 33.5. The molecule has 0 spiro atoms. The summed E-state index contributed by atoms with van der Waals surface area (Å²) in [6, 6.07) is 11.3. The number of hydrogen-bond acceptors (Lipinski definition) is 10. The highest BCUT2D eigenvalue weighted by Crippen LogP contribution is 2.37. The maximum atomic E-state index is 5.88. The second-order valence-corrected chi connectivity index (χ2v) is 15.6. The number of aromatic nitrogens is 4. The Morgan fingerprint density at radius 1 is 0.915 bits per heavy atom. The van der Waals surface area contributed by atoms with E-state index in [1.807, 2.05) is 16.9 Å². The molecule has 0 aliphatic carbocycles. The van der Waals surface area contributed by atoms with Gasteiger partial charge in [0.05, 0.1) is 42.5 Å². The van der Waals surface area contributed by atoms with Gasteiger partial charge in [0, 0.05) is 61.2 Å². The molecule has 0 atom stereocenters. The lowest BCUT2D eigenvalue weighted by atomic mass is 10.0. The van der Waals surface area contributed by atoms with Gasteiger partial charge in [0.25, 0.3) is 0 Å². The van der Waals surface area contributed by atoms with E-state index in [4.69, 9.17) is 14.5 Å². The normalized spacial score (nSPS) is 16.5. The molecule has 0 saturated carbocycles. The van der Waals surface area contributed by atoms with Crippen LogP contribution in [0.4, 0.5) is 28.8 Å². The maximum Gasteiger partial charge on any atom is 0.229 e. The average Bonchev–Trinajstić information content (AvgIpc) is 3.57. The lowest BCUT2D eigenvalue weighted by molar-refractivity contribution is 0.115. The lowest BCUT2D eigenvalue weighted by Gasteiger charge is -2.43. The van der Waals surface area contributed by atoms with Crippen molar-refractivity contribution in [2.45, 2.75) is 25.8 Å². The fourth-order valence-electron chi connectivity index (χ4n) is 6.43. The molecular weight excluding hydrogens is 677 g/mol. The van der Waals surface area contributed by atoms with Gasteiger partial charge in [0.1, 0.15) is 11.6 Å². The minimum atomic E-state index is -0.434. The van der Waals surface area contributed by atoms with E-state index in [1.165, 1.54) is 42.5 Å². The number of piperidine rings is 1. The molecule has 0 radical (unpaired) electrons. The molecule has 13 heteroatoms. The number of hydrogen-bond donors (Lipinski definition) is 2. The fourth-order valence-corrected chi connectivity index (χ4v) is 7.72. The Morgan fingerprint density at radius 3 is 2.36 bits per heavy atom. The van der Waals surface area contributed by atoms with Gasteiger partial charge in [-0.25, -0.2) is 9.67 Å². The van der Waals surface area contributed by atoms with Gasteiger partial charge in [-0.1, -0.05) is 7.92 Å². The number of piperazine rings is 1. The van der Waals surface area contributed by atoms with E-state index in [2.05, 4.69) is 103 Å². The summed E-state index contributed by atoms with van der Waals surface area (Å²) in [6.07, 6.45) is 7.89. The topological polar surface area (TPSA) is 95.8 Å². The van der Waals surface area contributed by atoms with Crippen LogP contribution in [0.15, 0.2) is 53.4 Å². The molecule has 4 aromatic rings. The van der Waals surface area contributed by atoms with Crippen LogP contribution in [0.25, 0.3) is 5.69 Å². The highest BCUT2D eigenvalue weighted by Gasteiger charge is 2.27. The molecule has 2 aromatic carbocycles. The van der Waals surface area contributed by atoms with Crippen LogP contribution in [0.1, 0.15) is 18.4 Å². The Morgan fingerprint density at radius 2 is 1.68 bits per heavy atom. The van der Waals surface area contributed by atoms with Gasteiger partial charge in [0.2, 0.25) is 5.95 Å². The molecule has 2 N–H and O–H groups in total. The Labute approximate surface area is 287 Å². The van der Waals surface area contributed by atoms with E-state index in [0.717, 1.165) is 59.2 Å². The summed E-state index contributed by atoms with van der Waals surface area (Å²) in [5, 5.41) is 12.6. The maximum absolute atomic E-state index is 5.88. The predicted molar refractivity (Wildman–Crippen MR) is 197 cm³/mol. The Balaban J connectivity index is 1.17. The van der Waals surface area contributed by atoms with Crippen LogP contribution in [0, 0.1) is 6.92 Å². The SMILES string of the molecule is COc1cnn(-c2ccc(Nc3nc(Nc4cc(C)c(N5CCN(C6CCN(C)CC6)CC5)cc4OC)ncc3Br)c(P(C)C)c2)c1. The molecular formula is C34H45BrN9O2P. The summed E-state index contributed by atoms with van der Waals surface area (Å²) in [5.41, 5.74) is 5.20. The number of nitrogens with zero attached hydrogens (tertiary/aromatic N) is 7. The van der Waals surface area contributed by atoms with Gasteiger partial charge in [0.15, 0.2) is 5.75 Å². The molecule has 2 saturated heterocycles. The predicted octanol–water partition coefficient (Wildman–Crippen LogP) is 5.82. The molecule has 6 rings (SSSR count). The van der Waals surface area contributed by atoms with Crippen molar-refractivity contribution in [1.82, 2.24) is 29.5 Å². The third-order valence-electron chi connectivity index (χ3n) is 9.14. The van der Waals surface area contributed by atoms with Crippen molar-refractivity contribution in [1.29, 1.82) is 0 Å². The minimum Gasteiger partial charge on any atom is -0.494 e. The van der Waals surface area contributed by atoms with E-state index in [9.17, 15) is 0 Å². The van der Waals surface area contributed by atoms with Crippen LogP contribution in [0.5, 0.6) is 11.5 Å². The summed E-state index contributed by atoms with van der Waals surface area (Å²) in [7, 11) is 5.15. The Bertz CT molecular complexity index is 1680. The van der Waals surface area contributed by atoms with Crippen molar-refractivity contribution in [2.75, 3.05) is 89.4 Å². The van der Waals surface area contributed by atoms with Gasteiger partial charge < -0.3 is 29.9 Å². The average molecular weight is 723 g/mol. The quantitative estimate of drug-likeness (QED) is 0.195. The number of ether oxygens (including phenoxy) is 2. The van der Waals surface area contributed by atoms with E-state index >= 15 is 0 Å². The first-order chi connectivity index (χ1) is 22.7. The molecule has 2 aliphatic heterocycles. The summed E-state index contributed by atoms with van der Waals surface area (Å²) in [4.78, 5) is 17.0. The lowest BCUT2D eigenvalue weighted by Crippen LogP contribution is -2.53. The first-order valence-corrected chi connectivity index (χ1v) is 19.1. The summed E-state index contributed by atoms with van der Waals surface area (Å²) < 4.78 is 13.8. The number of aryl methyl sites for hydroxylation is 1. The van der Waals surface area contributed by atoms with Crippen LogP contribution >= 0.6 is 23.9 Å². The number of likely N-dealkylation sites (tertiary alicyclic amines) is 1. The summed E-state index contributed by atoms with van der Waals surface area (Å²) >= 11 is 3.65. The van der Waals surface area contributed by atoms with Crippen LogP contribution in [0.3, 0.4) is 0 Å². The van der Waals surface area contributed by atoms with Gasteiger partial charge in [-0.15, -0.1) is 0 Å². The molecule has 2 aromatic heterocycles. The number of halogens is 1. The van der Waals surface area contributed by atoms with Gasteiger partial charge >= 0.3 is 0 Å². The number of benzene rings is 2. The Hall–Kier alpha value is -3.44. The van der Waals surface area contributed by atoms with Crippen molar-refractivity contribution in [3.63, 3.8) is 0 Å². The van der Waals surface area contributed by atoms with Gasteiger partial charge in [-0.05, 0) is 99.0 Å². The molecule has 250 valence electrons. The van der Waals surface area contributed by atoms with Crippen LogP contribution < -0.4 is 30.3 Å². The van der Waals surface area contributed by atoms with Crippen LogP contribution in [-0.2, 0) is 0 Å². The van der Waals surface area contributed by atoms with Gasteiger partial charge in [-0.3, -0.25) is 4.90 Å². The van der Waals surface area contributed by atoms with Gasteiger partial charge in [-0.2, -0.15) is 10.1 Å². The zero-order chi connectivity index (χ0) is 33.1. The van der Waals surface area contributed by atoms with E-state index in [1.54, 1.807) is 26.6 Å². The zero-order valence-electron chi connectivity index (χ0n) is 28.1. The molecule has 4 heterocycles. The summed E-state index contributed by atoms with van der Waals surface area (Å²) in [6.45, 7) is 13.3. The highest BCUT2D eigenvalue weighted by atomic mass is 79.9. The molecule has 0 unspecified atom stereocenters. The third-order valence-corrected chi connectivity index (χ3v) is 11.1. The number of methoxy groups -OCH3 is 2. The third kappa shape index (κ3) is 7.67. The van der Waals surface area contributed by atoms with E-state index in [0.29, 0.717) is 17.8 Å². The smallest absolute Gasteiger partial charge is 0.229 e. The van der Waals surface area contributed by atoms with Crippen LogP contribution in [0.2, 0.25) is 0 Å². The van der Waals surface area contributed by atoms with Crippen molar-refractivity contribution >= 4 is 58.0 Å². The molecule has 0 bridgehead atoms. The second kappa shape index (κ2) is 14.8. The van der Waals surface area contributed by atoms with Crippen molar-refractivity contribution in [2.24, 2.45) is 0 Å². The highest BCUT2D eigenvalue weighted by molar-refractivity contribution is 9.10. The van der Waals surface area contributed by atoms with Crippen molar-refractivity contribution < 1.29 is 9.47 Å². The van der Waals surface area contributed by atoms with E-state index < -0.39 is 7.92 Å². The molecule has 11 nitrogen and oxygen atoms in total. The molecule has 2 fully saturated rings. The number of anilines is 5. The van der Waals surface area contributed by atoms with Crippen LogP contribution in [-0.4, -0.2) is 109 Å². The monoisotopic (exact) mass is 721 g/mol. The standard InChI is InChI=1S/C34H45BrN9O2P/c1-23-17-29(31(46-4)19-30(23)43-15-13-42(14-16-43)24-9-11-41(2)12-10-24)39-34-36-21-27(35)33(40-34)38-28-8-7-25(18-32(28)47(5)6)44-22-26(45-3)20-37-44/h7-8,17-22,24H,9-16H2,1-6H3,(H2,36,38,39,40). The largest absolute Gasteiger partial charge is 0.494 e. The zero-order valence-corrected chi connectivity index (χ0v) is 30.6.